The molecule has 2 aromatic carbocycles. The Bertz CT molecular complexity index is 904. The van der Waals surface area contributed by atoms with E-state index in [1.54, 1.807) is 43.9 Å². The second kappa shape index (κ2) is 7.53. The fraction of sp³-hybridized carbons (Fsp3) is 0.364. The van der Waals surface area contributed by atoms with E-state index in [2.05, 4.69) is 6.07 Å². The maximum absolute atomic E-state index is 12.1. The van der Waals surface area contributed by atoms with Crippen molar-refractivity contribution in [3.63, 3.8) is 0 Å². The van der Waals surface area contributed by atoms with Crippen LogP contribution in [0.15, 0.2) is 48.5 Å². The van der Waals surface area contributed by atoms with Crippen molar-refractivity contribution in [3.05, 3.63) is 59.7 Å². The van der Waals surface area contributed by atoms with Crippen molar-refractivity contribution < 1.29 is 19.7 Å². The third kappa shape index (κ3) is 3.41. The molecule has 6 nitrogen and oxygen atoms in total. The van der Waals surface area contributed by atoms with Gasteiger partial charge in [-0.1, -0.05) is 25.1 Å². The number of carbonyl (C=O) groups is 1. The van der Waals surface area contributed by atoms with Gasteiger partial charge in [-0.25, -0.2) is 4.79 Å². The Balaban J connectivity index is 2.26. The van der Waals surface area contributed by atoms with E-state index in [0.717, 1.165) is 0 Å². The number of benzene rings is 2. The zero-order chi connectivity index (χ0) is 20.5. The van der Waals surface area contributed by atoms with E-state index >= 15 is 0 Å². The number of aliphatic hydroxyl groups excluding tert-OH is 1. The summed E-state index contributed by atoms with van der Waals surface area (Å²) in [5, 5.41) is 30.4. The zero-order valence-corrected chi connectivity index (χ0v) is 16.2. The number of fused-ring (bicyclic) bond motifs is 1. The Hall–Kier alpha value is -3.04. The third-order valence-electron chi connectivity index (χ3n) is 5.20. The predicted molar refractivity (Wildman–Crippen MR) is 105 cm³/mol. The normalized spacial score (nSPS) is 21.0. The first-order chi connectivity index (χ1) is 13.3. The van der Waals surface area contributed by atoms with Gasteiger partial charge < -0.3 is 19.8 Å². The Morgan fingerprint density at radius 3 is 2.54 bits per heavy atom. The number of anilines is 1. The quantitative estimate of drug-likeness (QED) is 0.825. The molecule has 1 aliphatic heterocycles. The monoisotopic (exact) mass is 380 g/mol. The summed E-state index contributed by atoms with van der Waals surface area (Å²) in [5.41, 5.74) is 0.784. The lowest BCUT2D eigenvalue weighted by Crippen LogP contribution is -2.57. The number of rotatable bonds is 5. The van der Waals surface area contributed by atoms with Gasteiger partial charge in [0.05, 0.1) is 17.7 Å². The lowest BCUT2D eigenvalue weighted by Gasteiger charge is -2.48. The topological polar surface area (TPSA) is 93.8 Å². The van der Waals surface area contributed by atoms with Gasteiger partial charge >= 0.3 is 5.97 Å². The summed E-state index contributed by atoms with van der Waals surface area (Å²) in [6.07, 6.45) is -0.662. The van der Waals surface area contributed by atoms with Crippen LogP contribution in [0, 0.1) is 11.3 Å². The Labute approximate surface area is 164 Å². The lowest BCUT2D eigenvalue weighted by molar-refractivity contribution is -0.139. The van der Waals surface area contributed by atoms with Gasteiger partial charge in [0, 0.05) is 11.3 Å². The maximum Gasteiger partial charge on any atom is 0.326 e. The van der Waals surface area contributed by atoms with Gasteiger partial charge in [0.15, 0.2) is 0 Å². The highest BCUT2D eigenvalue weighted by Crippen LogP contribution is 2.45. The molecule has 2 aromatic rings. The molecule has 0 amide bonds. The van der Waals surface area contributed by atoms with Gasteiger partial charge in [-0.05, 0) is 50.6 Å². The number of aliphatic carboxylic acids is 1. The summed E-state index contributed by atoms with van der Waals surface area (Å²) in [7, 11) is 0. The van der Waals surface area contributed by atoms with Crippen LogP contribution in [0.4, 0.5) is 5.69 Å². The van der Waals surface area contributed by atoms with Gasteiger partial charge in [0.1, 0.15) is 23.5 Å². The second-order valence-electron chi connectivity index (χ2n) is 7.46. The standard InChI is InChI=1S/C22H24N2O4/c1-4-17(21(26)27)24(15-8-6-5-7-9-15)19-16-12-14(13-23)10-11-18(16)28-22(2,3)20(19)25/h5-12,17,19-20,25H,4H2,1-3H3,(H,26,27)/t17?,19-,20+/m0/s1. The summed E-state index contributed by atoms with van der Waals surface area (Å²) in [5.74, 6) is -0.429. The minimum absolute atomic E-state index is 0.349. The van der Waals surface area contributed by atoms with Crippen molar-refractivity contribution in [2.45, 2.75) is 51.0 Å². The summed E-state index contributed by atoms with van der Waals surface area (Å²) >= 11 is 0. The SMILES string of the molecule is CCC(C(=O)O)N(c1ccccc1)[C@H]1c2cc(C#N)ccc2OC(C)(C)[C@@H]1O. The largest absolute Gasteiger partial charge is 0.485 e. The van der Waals surface area contributed by atoms with E-state index in [9.17, 15) is 20.3 Å². The van der Waals surface area contributed by atoms with E-state index in [0.29, 0.717) is 29.0 Å². The van der Waals surface area contributed by atoms with Crippen molar-refractivity contribution in [2.24, 2.45) is 0 Å². The van der Waals surface area contributed by atoms with Crippen LogP contribution in [-0.2, 0) is 4.79 Å². The van der Waals surface area contributed by atoms with Crippen molar-refractivity contribution in [1.82, 2.24) is 0 Å². The molecule has 0 radical (unpaired) electrons. The average molecular weight is 380 g/mol. The molecule has 1 unspecified atom stereocenters. The van der Waals surface area contributed by atoms with Crippen molar-refractivity contribution in [2.75, 3.05) is 4.90 Å². The number of nitrogens with zero attached hydrogens (tertiary/aromatic N) is 2. The molecule has 0 spiro atoms. The number of nitriles is 1. The Morgan fingerprint density at radius 2 is 1.96 bits per heavy atom. The summed E-state index contributed by atoms with van der Waals surface area (Å²) in [4.78, 5) is 13.8. The second-order valence-corrected chi connectivity index (χ2v) is 7.46. The molecule has 0 saturated heterocycles. The number of ether oxygens (including phenoxy) is 1. The summed E-state index contributed by atoms with van der Waals surface area (Å²) in [6, 6.07) is 14.8. The van der Waals surface area contributed by atoms with Gasteiger partial charge in [0.25, 0.3) is 0 Å². The van der Waals surface area contributed by atoms with Crippen LogP contribution in [0.2, 0.25) is 0 Å². The van der Waals surface area contributed by atoms with Crippen molar-refractivity contribution in [3.8, 4) is 11.8 Å². The summed E-state index contributed by atoms with van der Waals surface area (Å²) in [6.45, 7) is 5.35. The minimum atomic E-state index is -1.01. The molecule has 0 aromatic heterocycles. The van der Waals surface area contributed by atoms with E-state index < -0.39 is 29.8 Å². The van der Waals surface area contributed by atoms with Crippen molar-refractivity contribution >= 4 is 11.7 Å². The Morgan fingerprint density at radius 1 is 1.29 bits per heavy atom. The molecule has 0 saturated carbocycles. The van der Waals surface area contributed by atoms with Crippen LogP contribution in [0.3, 0.4) is 0 Å². The number of carboxylic acid groups (broad SMARTS) is 1. The smallest absolute Gasteiger partial charge is 0.326 e. The molecule has 0 aliphatic carbocycles. The first-order valence-corrected chi connectivity index (χ1v) is 9.27. The molecule has 0 bridgehead atoms. The van der Waals surface area contributed by atoms with Gasteiger partial charge in [-0.3, -0.25) is 0 Å². The molecule has 2 N–H and O–H groups in total. The zero-order valence-electron chi connectivity index (χ0n) is 16.2. The predicted octanol–water partition coefficient (Wildman–Crippen LogP) is 3.50. The summed E-state index contributed by atoms with van der Waals surface area (Å²) < 4.78 is 5.99. The first kappa shape index (κ1) is 19.7. The molecule has 146 valence electrons. The van der Waals surface area contributed by atoms with Crippen LogP contribution < -0.4 is 9.64 Å². The lowest BCUT2D eigenvalue weighted by atomic mass is 9.83. The molecule has 1 heterocycles. The molecule has 28 heavy (non-hydrogen) atoms. The molecule has 3 atom stereocenters. The van der Waals surface area contributed by atoms with E-state index in [1.807, 2.05) is 30.3 Å². The van der Waals surface area contributed by atoms with Crippen LogP contribution in [0.5, 0.6) is 5.75 Å². The Kier molecular flexibility index (Phi) is 5.30. The van der Waals surface area contributed by atoms with Gasteiger partial charge in [-0.15, -0.1) is 0 Å². The van der Waals surface area contributed by atoms with Crippen molar-refractivity contribution in [1.29, 1.82) is 5.26 Å². The fourth-order valence-corrected chi connectivity index (χ4v) is 3.76. The van der Waals surface area contributed by atoms with Gasteiger partial charge in [0.2, 0.25) is 0 Å². The number of carboxylic acids is 1. The van der Waals surface area contributed by atoms with Crippen LogP contribution in [0.25, 0.3) is 0 Å². The highest BCUT2D eigenvalue weighted by Gasteiger charge is 2.48. The maximum atomic E-state index is 12.1. The van der Waals surface area contributed by atoms with Crippen LogP contribution in [0.1, 0.15) is 44.4 Å². The minimum Gasteiger partial charge on any atom is -0.485 e. The fourth-order valence-electron chi connectivity index (χ4n) is 3.76. The molecule has 6 heteroatoms. The molecule has 1 aliphatic rings. The highest BCUT2D eigenvalue weighted by atomic mass is 16.5. The van der Waals surface area contributed by atoms with E-state index in [4.69, 9.17) is 4.74 Å². The van der Waals surface area contributed by atoms with Crippen LogP contribution >= 0.6 is 0 Å². The van der Waals surface area contributed by atoms with Gasteiger partial charge in [-0.2, -0.15) is 5.26 Å². The number of hydrogen-bond acceptors (Lipinski definition) is 5. The number of aliphatic hydroxyl groups is 1. The van der Waals surface area contributed by atoms with E-state index in [-0.39, 0.29) is 0 Å². The highest BCUT2D eigenvalue weighted by molar-refractivity contribution is 5.79. The first-order valence-electron chi connectivity index (χ1n) is 9.27. The van der Waals surface area contributed by atoms with Crippen LogP contribution in [-0.4, -0.2) is 33.9 Å². The molecular weight excluding hydrogens is 356 g/mol. The number of hydrogen-bond donors (Lipinski definition) is 2. The third-order valence-corrected chi connectivity index (χ3v) is 5.20. The molecule has 0 fully saturated rings. The van der Waals surface area contributed by atoms with E-state index in [1.165, 1.54) is 0 Å². The number of para-hydroxylation sites is 1. The molecular formula is C22H24N2O4. The molecule has 3 rings (SSSR count). The average Bonchev–Trinajstić information content (AvgIpc) is 2.67.